The first-order valence-electron chi connectivity index (χ1n) is 12.0. The minimum atomic E-state index is -0.852. The lowest BCUT2D eigenvalue weighted by atomic mass is 9.84. The molecular formula is C27H30Cl2N2O5. The number of carboxylic acids is 1. The Kier molecular flexibility index (Phi) is 8.67. The number of aromatic nitrogens is 1. The van der Waals surface area contributed by atoms with Gasteiger partial charge in [-0.3, -0.25) is 14.3 Å². The first kappa shape index (κ1) is 26.2. The number of aromatic hydroxyl groups is 2. The number of aliphatic carboxylic acids is 1. The van der Waals surface area contributed by atoms with Gasteiger partial charge in [-0.15, -0.1) is 0 Å². The quantitative estimate of drug-likeness (QED) is 0.260. The summed E-state index contributed by atoms with van der Waals surface area (Å²) in [6, 6.07) is 15.5. The number of hydrogen-bond acceptors (Lipinski definition) is 5. The van der Waals surface area contributed by atoms with Crippen LogP contribution in [-0.4, -0.2) is 43.9 Å². The monoisotopic (exact) mass is 532 g/mol. The molecule has 0 amide bonds. The van der Waals surface area contributed by atoms with Crippen LogP contribution in [0.4, 0.5) is 0 Å². The molecule has 0 saturated heterocycles. The normalized spacial score (nSPS) is 14.5. The average Bonchev–Trinajstić information content (AvgIpc) is 3.13. The molecule has 0 radical (unpaired) electrons. The third-order valence-corrected chi connectivity index (χ3v) is 7.22. The summed E-state index contributed by atoms with van der Waals surface area (Å²) >= 11 is 12.6. The SMILES string of the molecule is O=C(O)CC(c1ccc(Cl)cc1)N(Cc1ccc(OCCn2c(O)ccc2O)c(Cl)c1)CC1CCC1. The highest BCUT2D eigenvalue weighted by Gasteiger charge is 2.28. The van der Waals surface area contributed by atoms with Crippen molar-refractivity contribution in [2.75, 3.05) is 13.2 Å². The lowest BCUT2D eigenvalue weighted by molar-refractivity contribution is -0.138. The number of hydrogen-bond donors (Lipinski definition) is 3. The minimum Gasteiger partial charge on any atom is -0.494 e. The molecule has 3 aromatic rings. The molecule has 1 aliphatic carbocycles. The van der Waals surface area contributed by atoms with Crippen LogP contribution < -0.4 is 4.74 Å². The summed E-state index contributed by atoms with van der Waals surface area (Å²) in [4.78, 5) is 14.0. The second-order valence-corrected chi connectivity index (χ2v) is 10.0. The van der Waals surface area contributed by atoms with Crippen LogP contribution >= 0.6 is 23.2 Å². The van der Waals surface area contributed by atoms with Gasteiger partial charge in [0.25, 0.3) is 0 Å². The van der Waals surface area contributed by atoms with Crippen LogP contribution in [0.25, 0.3) is 0 Å². The Morgan fingerprint density at radius 1 is 1.06 bits per heavy atom. The molecule has 4 rings (SSSR count). The number of carboxylic acid groups (broad SMARTS) is 1. The van der Waals surface area contributed by atoms with Gasteiger partial charge in [0.05, 0.1) is 18.0 Å². The summed E-state index contributed by atoms with van der Waals surface area (Å²) in [5, 5.41) is 30.2. The zero-order valence-electron chi connectivity index (χ0n) is 19.8. The van der Waals surface area contributed by atoms with Crippen LogP contribution in [0.15, 0.2) is 54.6 Å². The fourth-order valence-electron chi connectivity index (χ4n) is 4.53. The average molecular weight is 533 g/mol. The first-order chi connectivity index (χ1) is 17.3. The maximum atomic E-state index is 11.8. The molecule has 0 spiro atoms. The Labute approximate surface area is 220 Å². The number of ether oxygens (including phenoxy) is 1. The second kappa shape index (κ2) is 11.9. The molecule has 0 aliphatic heterocycles. The van der Waals surface area contributed by atoms with Crippen molar-refractivity contribution in [1.82, 2.24) is 9.47 Å². The van der Waals surface area contributed by atoms with Crippen molar-refractivity contribution in [2.24, 2.45) is 5.92 Å². The maximum absolute atomic E-state index is 11.8. The Balaban J connectivity index is 1.48. The van der Waals surface area contributed by atoms with E-state index in [1.807, 2.05) is 24.3 Å². The zero-order chi connectivity index (χ0) is 25.7. The molecule has 3 N–H and O–H groups in total. The van der Waals surface area contributed by atoms with Gasteiger partial charge in [-0.05, 0) is 54.2 Å². The second-order valence-electron chi connectivity index (χ2n) is 9.21. The van der Waals surface area contributed by atoms with Gasteiger partial charge >= 0.3 is 5.97 Å². The van der Waals surface area contributed by atoms with Crippen LogP contribution in [0, 0.1) is 5.92 Å². The summed E-state index contributed by atoms with van der Waals surface area (Å²) in [7, 11) is 0. The van der Waals surface area contributed by atoms with E-state index in [1.54, 1.807) is 18.2 Å². The van der Waals surface area contributed by atoms with Crippen molar-refractivity contribution in [2.45, 2.75) is 44.8 Å². The molecule has 1 saturated carbocycles. The van der Waals surface area contributed by atoms with Crippen molar-refractivity contribution in [3.63, 3.8) is 0 Å². The Bertz CT molecular complexity index is 1160. The summed E-state index contributed by atoms with van der Waals surface area (Å²) in [6.45, 7) is 1.82. The van der Waals surface area contributed by atoms with Gasteiger partial charge in [-0.25, -0.2) is 0 Å². The van der Waals surface area contributed by atoms with Crippen molar-refractivity contribution in [1.29, 1.82) is 0 Å². The molecule has 0 bridgehead atoms. The Morgan fingerprint density at radius 3 is 2.33 bits per heavy atom. The maximum Gasteiger partial charge on any atom is 0.305 e. The van der Waals surface area contributed by atoms with Crippen molar-refractivity contribution in [3.05, 3.63) is 75.8 Å². The zero-order valence-corrected chi connectivity index (χ0v) is 21.3. The van der Waals surface area contributed by atoms with Gasteiger partial charge in [0.1, 0.15) is 12.4 Å². The largest absolute Gasteiger partial charge is 0.494 e. The van der Waals surface area contributed by atoms with Gasteiger partial charge in [0.2, 0.25) is 0 Å². The van der Waals surface area contributed by atoms with Crippen LogP contribution in [0.3, 0.4) is 0 Å². The number of benzene rings is 2. The van der Waals surface area contributed by atoms with Crippen molar-refractivity contribution >= 4 is 29.2 Å². The molecule has 1 unspecified atom stereocenters. The first-order valence-corrected chi connectivity index (χ1v) is 12.8. The van der Waals surface area contributed by atoms with E-state index in [2.05, 4.69) is 4.90 Å². The lowest BCUT2D eigenvalue weighted by Crippen LogP contribution is -2.36. The van der Waals surface area contributed by atoms with Crippen LogP contribution in [0.5, 0.6) is 17.5 Å². The van der Waals surface area contributed by atoms with Gasteiger partial charge in [0, 0.05) is 36.3 Å². The topological polar surface area (TPSA) is 95.2 Å². The van der Waals surface area contributed by atoms with Gasteiger partial charge in [-0.1, -0.05) is 47.8 Å². The van der Waals surface area contributed by atoms with Crippen LogP contribution in [-0.2, 0) is 17.9 Å². The molecule has 9 heteroatoms. The van der Waals surface area contributed by atoms with E-state index >= 15 is 0 Å². The molecule has 36 heavy (non-hydrogen) atoms. The van der Waals surface area contributed by atoms with Gasteiger partial charge < -0.3 is 20.1 Å². The van der Waals surface area contributed by atoms with E-state index in [-0.39, 0.29) is 37.4 Å². The van der Waals surface area contributed by atoms with Crippen molar-refractivity contribution in [3.8, 4) is 17.5 Å². The number of nitrogens with zero attached hydrogens (tertiary/aromatic N) is 2. The highest BCUT2D eigenvalue weighted by molar-refractivity contribution is 6.32. The highest BCUT2D eigenvalue weighted by Crippen LogP contribution is 2.35. The third kappa shape index (κ3) is 6.66. The molecule has 1 heterocycles. The number of rotatable bonds is 12. The summed E-state index contributed by atoms with van der Waals surface area (Å²) < 4.78 is 7.11. The Hall–Kier alpha value is -2.87. The van der Waals surface area contributed by atoms with E-state index in [0.717, 1.165) is 30.5 Å². The van der Waals surface area contributed by atoms with Crippen molar-refractivity contribution < 1.29 is 24.9 Å². The summed E-state index contributed by atoms with van der Waals surface area (Å²) in [5.41, 5.74) is 1.88. The molecule has 1 atom stereocenters. The van der Waals surface area contributed by atoms with E-state index in [0.29, 0.717) is 28.3 Å². The predicted octanol–water partition coefficient (Wildman–Crippen LogP) is 6.10. The number of halogens is 2. The number of carbonyl (C=O) groups is 1. The molecule has 192 valence electrons. The summed E-state index contributed by atoms with van der Waals surface area (Å²) in [5.74, 6) is 0.113. The van der Waals surface area contributed by atoms with Crippen LogP contribution in [0.2, 0.25) is 10.0 Å². The van der Waals surface area contributed by atoms with Gasteiger partial charge in [0.15, 0.2) is 11.8 Å². The summed E-state index contributed by atoms with van der Waals surface area (Å²) in [6.07, 6.45) is 3.50. The highest BCUT2D eigenvalue weighted by atomic mass is 35.5. The fraction of sp³-hybridized carbons (Fsp3) is 0.370. The van der Waals surface area contributed by atoms with Crippen LogP contribution in [0.1, 0.15) is 42.9 Å². The van der Waals surface area contributed by atoms with Gasteiger partial charge in [-0.2, -0.15) is 0 Å². The molecule has 1 aliphatic rings. The Morgan fingerprint density at radius 2 is 1.75 bits per heavy atom. The fourth-order valence-corrected chi connectivity index (χ4v) is 4.92. The molecular weight excluding hydrogens is 503 g/mol. The lowest BCUT2D eigenvalue weighted by Gasteiger charge is -2.37. The van der Waals surface area contributed by atoms with E-state index in [1.165, 1.54) is 23.1 Å². The predicted molar refractivity (Wildman–Crippen MR) is 139 cm³/mol. The van der Waals surface area contributed by atoms with E-state index in [9.17, 15) is 20.1 Å². The molecule has 7 nitrogen and oxygen atoms in total. The third-order valence-electron chi connectivity index (χ3n) is 6.67. The molecule has 1 aromatic heterocycles. The molecule has 1 fully saturated rings. The van der Waals surface area contributed by atoms with E-state index < -0.39 is 5.97 Å². The smallest absolute Gasteiger partial charge is 0.305 e. The minimum absolute atomic E-state index is 0.0115. The molecule has 2 aromatic carbocycles. The standard InChI is InChI=1S/C27H30Cl2N2O5/c28-21-7-5-20(6-8-21)23(15-27(34)35)30(16-18-2-1-3-18)17-19-4-9-24(22(29)14-19)36-13-12-31-25(32)10-11-26(31)33/h4-11,14,18,23,32-33H,1-3,12-13,15-17H2,(H,34,35). The van der Waals surface area contributed by atoms with E-state index in [4.69, 9.17) is 27.9 Å².